The molecule has 1 aliphatic heterocycles. The van der Waals surface area contributed by atoms with E-state index in [9.17, 15) is 0 Å². The number of benzene rings is 1. The normalized spacial score (nSPS) is 17.8. The molecular formula is C13H19N3. The van der Waals surface area contributed by atoms with Gasteiger partial charge in [0.1, 0.15) is 0 Å². The van der Waals surface area contributed by atoms with Crippen molar-refractivity contribution in [2.75, 3.05) is 26.3 Å². The van der Waals surface area contributed by atoms with Crippen LogP contribution in [-0.2, 0) is 6.54 Å². The van der Waals surface area contributed by atoms with E-state index < -0.39 is 0 Å². The van der Waals surface area contributed by atoms with Crippen LogP contribution in [0.1, 0.15) is 5.56 Å². The average molecular weight is 217 g/mol. The maximum absolute atomic E-state index is 5.62. The molecule has 0 aromatic heterocycles. The summed E-state index contributed by atoms with van der Waals surface area (Å²) in [6, 6.07) is 10.6. The minimum Gasteiger partial charge on any atom is -0.401 e. The van der Waals surface area contributed by atoms with E-state index in [1.807, 2.05) is 0 Å². The molecule has 0 amide bonds. The van der Waals surface area contributed by atoms with Gasteiger partial charge in [0.15, 0.2) is 0 Å². The molecular weight excluding hydrogens is 198 g/mol. The highest BCUT2D eigenvalue weighted by Crippen LogP contribution is 2.10. The maximum Gasteiger partial charge on any atom is 0.0514 e. The van der Waals surface area contributed by atoms with Crippen LogP contribution in [-0.4, -0.2) is 36.1 Å². The summed E-state index contributed by atoms with van der Waals surface area (Å²) in [5.41, 5.74) is 7.74. The van der Waals surface area contributed by atoms with Crippen molar-refractivity contribution >= 4 is 0 Å². The van der Waals surface area contributed by atoms with Gasteiger partial charge >= 0.3 is 0 Å². The average Bonchev–Trinajstić information content (AvgIpc) is 2.66. The number of hydrogen-bond acceptors (Lipinski definition) is 3. The van der Waals surface area contributed by atoms with E-state index in [1.54, 1.807) is 0 Å². The van der Waals surface area contributed by atoms with Crippen LogP contribution in [0, 0.1) is 0 Å². The second-order valence-corrected chi connectivity index (χ2v) is 4.39. The van der Waals surface area contributed by atoms with Gasteiger partial charge in [-0.15, -0.1) is 0 Å². The minimum atomic E-state index is 0.751. The van der Waals surface area contributed by atoms with Crippen LogP contribution in [0.15, 0.2) is 42.6 Å². The monoisotopic (exact) mass is 217 g/mol. The van der Waals surface area contributed by atoms with Gasteiger partial charge in [-0.3, -0.25) is 9.80 Å². The van der Waals surface area contributed by atoms with E-state index in [2.05, 4.69) is 46.7 Å². The van der Waals surface area contributed by atoms with Gasteiger partial charge in [0, 0.05) is 31.9 Å². The van der Waals surface area contributed by atoms with Gasteiger partial charge in [0.25, 0.3) is 0 Å². The fraction of sp³-hybridized carbons (Fsp3) is 0.385. The van der Waals surface area contributed by atoms with Crippen LogP contribution >= 0.6 is 0 Å². The van der Waals surface area contributed by atoms with Gasteiger partial charge in [-0.25, -0.2) is 0 Å². The van der Waals surface area contributed by atoms with Crippen LogP contribution < -0.4 is 5.73 Å². The third-order valence-corrected chi connectivity index (χ3v) is 2.81. The van der Waals surface area contributed by atoms with Crippen LogP contribution in [0.3, 0.4) is 0 Å². The standard InChI is InChI=1S/C13H19N3/c1-12(14)9-15-7-8-16(11-15)10-13-5-3-2-4-6-13/h2-6H,1,7-11,14H2. The van der Waals surface area contributed by atoms with E-state index in [1.165, 1.54) is 5.56 Å². The summed E-state index contributed by atoms with van der Waals surface area (Å²) in [6.07, 6.45) is 0. The van der Waals surface area contributed by atoms with E-state index in [0.29, 0.717) is 0 Å². The van der Waals surface area contributed by atoms with Crippen molar-refractivity contribution in [3.8, 4) is 0 Å². The predicted octanol–water partition coefficient (Wildman–Crippen LogP) is 1.23. The molecule has 0 bridgehead atoms. The summed E-state index contributed by atoms with van der Waals surface area (Å²) in [5, 5.41) is 0. The molecule has 0 saturated carbocycles. The fourth-order valence-electron chi connectivity index (χ4n) is 2.09. The van der Waals surface area contributed by atoms with Gasteiger partial charge in [-0.2, -0.15) is 0 Å². The summed E-state index contributed by atoms with van der Waals surface area (Å²) in [7, 11) is 0. The van der Waals surface area contributed by atoms with Crippen molar-refractivity contribution in [1.29, 1.82) is 0 Å². The van der Waals surface area contributed by atoms with E-state index >= 15 is 0 Å². The number of nitrogens with zero attached hydrogens (tertiary/aromatic N) is 2. The first kappa shape index (κ1) is 11.2. The Morgan fingerprint density at radius 1 is 1.19 bits per heavy atom. The molecule has 16 heavy (non-hydrogen) atoms. The highest BCUT2D eigenvalue weighted by atomic mass is 15.4. The largest absolute Gasteiger partial charge is 0.401 e. The first-order valence-corrected chi connectivity index (χ1v) is 5.66. The van der Waals surface area contributed by atoms with Gasteiger partial charge in [-0.05, 0) is 5.56 Å². The van der Waals surface area contributed by atoms with E-state index in [-0.39, 0.29) is 0 Å². The molecule has 1 aromatic rings. The fourth-order valence-corrected chi connectivity index (χ4v) is 2.09. The zero-order valence-electron chi connectivity index (χ0n) is 9.60. The molecule has 86 valence electrons. The van der Waals surface area contributed by atoms with Crippen LogP contribution in [0.2, 0.25) is 0 Å². The Labute approximate surface area is 97.2 Å². The molecule has 1 aliphatic rings. The lowest BCUT2D eigenvalue weighted by atomic mass is 10.2. The molecule has 2 N–H and O–H groups in total. The Bertz CT molecular complexity index is 347. The predicted molar refractivity (Wildman–Crippen MR) is 66.6 cm³/mol. The SMILES string of the molecule is C=C(N)CN1CCN(Cc2ccccc2)C1. The Kier molecular flexibility index (Phi) is 3.59. The lowest BCUT2D eigenvalue weighted by Gasteiger charge is -2.17. The highest BCUT2D eigenvalue weighted by Gasteiger charge is 2.19. The molecule has 1 fully saturated rings. The van der Waals surface area contributed by atoms with E-state index in [0.717, 1.165) is 38.5 Å². The molecule has 2 rings (SSSR count). The van der Waals surface area contributed by atoms with Gasteiger partial charge in [-0.1, -0.05) is 36.9 Å². The molecule has 0 radical (unpaired) electrons. The lowest BCUT2D eigenvalue weighted by Crippen LogP contribution is -2.28. The molecule has 0 atom stereocenters. The Balaban J connectivity index is 1.83. The molecule has 0 spiro atoms. The van der Waals surface area contributed by atoms with Gasteiger partial charge in [0.05, 0.1) is 6.67 Å². The summed E-state index contributed by atoms with van der Waals surface area (Å²) in [4.78, 5) is 4.75. The lowest BCUT2D eigenvalue weighted by molar-refractivity contribution is 0.251. The van der Waals surface area contributed by atoms with Crippen molar-refractivity contribution in [2.24, 2.45) is 5.73 Å². The molecule has 3 heteroatoms. The van der Waals surface area contributed by atoms with Crippen molar-refractivity contribution in [3.63, 3.8) is 0 Å². The zero-order valence-corrected chi connectivity index (χ0v) is 9.60. The summed E-state index contributed by atoms with van der Waals surface area (Å²) in [5.74, 6) is 0. The van der Waals surface area contributed by atoms with E-state index in [4.69, 9.17) is 5.73 Å². The third kappa shape index (κ3) is 3.08. The van der Waals surface area contributed by atoms with Crippen LogP contribution in [0.25, 0.3) is 0 Å². The summed E-state index contributed by atoms with van der Waals surface area (Å²) in [6.45, 7) is 8.77. The first-order valence-electron chi connectivity index (χ1n) is 5.66. The molecule has 1 saturated heterocycles. The minimum absolute atomic E-state index is 0.751. The van der Waals surface area contributed by atoms with Crippen molar-refractivity contribution in [1.82, 2.24) is 9.80 Å². The molecule has 1 aromatic carbocycles. The smallest absolute Gasteiger partial charge is 0.0514 e. The Morgan fingerprint density at radius 3 is 2.56 bits per heavy atom. The summed E-state index contributed by atoms with van der Waals surface area (Å²) >= 11 is 0. The molecule has 0 unspecified atom stereocenters. The summed E-state index contributed by atoms with van der Waals surface area (Å²) < 4.78 is 0. The van der Waals surface area contributed by atoms with Gasteiger partial charge in [0.2, 0.25) is 0 Å². The Morgan fingerprint density at radius 2 is 1.88 bits per heavy atom. The van der Waals surface area contributed by atoms with Crippen molar-refractivity contribution in [2.45, 2.75) is 6.54 Å². The highest BCUT2D eigenvalue weighted by molar-refractivity contribution is 5.14. The molecule has 0 aliphatic carbocycles. The molecule has 3 nitrogen and oxygen atoms in total. The maximum atomic E-state index is 5.62. The second-order valence-electron chi connectivity index (χ2n) is 4.39. The topological polar surface area (TPSA) is 32.5 Å². The quantitative estimate of drug-likeness (QED) is 0.823. The van der Waals surface area contributed by atoms with Gasteiger partial charge < -0.3 is 5.73 Å². The first-order chi connectivity index (χ1) is 7.74. The number of nitrogens with two attached hydrogens (primary N) is 1. The number of hydrogen-bond donors (Lipinski definition) is 1. The van der Waals surface area contributed by atoms with Crippen molar-refractivity contribution in [3.05, 3.63) is 48.2 Å². The van der Waals surface area contributed by atoms with Crippen LogP contribution in [0.5, 0.6) is 0 Å². The van der Waals surface area contributed by atoms with Crippen LogP contribution in [0.4, 0.5) is 0 Å². The Hall–Kier alpha value is -1.32. The van der Waals surface area contributed by atoms with Crippen molar-refractivity contribution < 1.29 is 0 Å². The zero-order chi connectivity index (χ0) is 11.4. The molecule has 1 heterocycles. The second kappa shape index (κ2) is 5.14. The number of rotatable bonds is 4. The third-order valence-electron chi connectivity index (χ3n) is 2.81.